The lowest BCUT2D eigenvalue weighted by Crippen LogP contribution is -2.18. The maximum absolute atomic E-state index is 12.4. The lowest BCUT2D eigenvalue weighted by atomic mass is 10.0. The summed E-state index contributed by atoms with van der Waals surface area (Å²) >= 11 is 0. The van der Waals surface area contributed by atoms with Crippen LogP contribution in [0.5, 0.6) is 0 Å². The standard InChI is InChI=1S/C16H20N2O3/c1-5-6-10-7-13-11(8-14(10)18(2)3)15(19)12(9-17-13)16(20)21-4/h7-9H,5-6H2,1-4H3,(H,17,19). The van der Waals surface area contributed by atoms with Crippen molar-refractivity contribution in [1.82, 2.24) is 4.98 Å². The Morgan fingerprint density at radius 1 is 1.33 bits per heavy atom. The van der Waals surface area contributed by atoms with Crippen LogP contribution in [0.25, 0.3) is 10.9 Å². The van der Waals surface area contributed by atoms with E-state index in [4.69, 9.17) is 0 Å². The van der Waals surface area contributed by atoms with Gasteiger partial charge in [-0.05, 0) is 24.1 Å². The van der Waals surface area contributed by atoms with Gasteiger partial charge in [0, 0.05) is 36.9 Å². The maximum atomic E-state index is 12.4. The molecular formula is C16H20N2O3. The minimum Gasteiger partial charge on any atom is -0.465 e. The Labute approximate surface area is 123 Å². The van der Waals surface area contributed by atoms with Gasteiger partial charge in [-0.25, -0.2) is 4.79 Å². The number of nitrogens with zero attached hydrogens (tertiary/aromatic N) is 1. The molecule has 0 aliphatic rings. The monoisotopic (exact) mass is 288 g/mol. The molecule has 5 nitrogen and oxygen atoms in total. The number of aromatic nitrogens is 1. The minimum absolute atomic E-state index is 0.0259. The average molecular weight is 288 g/mol. The quantitative estimate of drug-likeness (QED) is 0.877. The molecule has 1 heterocycles. The Balaban J connectivity index is 2.73. The molecule has 0 aliphatic carbocycles. The summed E-state index contributed by atoms with van der Waals surface area (Å²) in [6.45, 7) is 2.12. The molecule has 5 heteroatoms. The van der Waals surface area contributed by atoms with Crippen molar-refractivity contribution in [2.75, 3.05) is 26.1 Å². The average Bonchev–Trinajstić information content (AvgIpc) is 2.46. The fourth-order valence-corrected chi connectivity index (χ4v) is 2.45. The SMILES string of the molecule is CCCc1cc2[nH]cc(C(=O)OC)c(=O)c2cc1N(C)C. The van der Waals surface area contributed by atoms with Gasteiger partial charge in [0.25, 0.3) is 0 Å². The molecule has 0 bridgehead atoms. The van der Waals surface area contributed by atoms with E-state index in [-0.39, 0.29) is 11.0 Å². The van der Waals surface area contributed by atoms with Gasteiger partial charge in [0.05, 0.1) is 7.11 Å². The smallest absolute Gasteiger partial charge is 0.343 e. The van der Waals surface area contributed by atoms with Crippen molar-refractivity contribution < 1.29 is 9.53 Å². The number of methoxy groups -OCH3 is 1. The molecule has 0 fully saturated rings. The fraction of sp³-hybridized carbons (Fsp3) is 0.375. The van der Waals surface area contributed by atoms with E-state index in [1.165, 1.54) is 18.9 Å². The van der Waals surface area contributed by atoms with Crippen molar-refractivity contribution in [2.45, 2.75) is 19.8 Å². The van der Waals surface area contributed by atoms with E-state index in [9.17, 15) is 9.59 Å². The predicted octanol–water partition coefficient (Wildman–Crippen LogP) is 2.33. The van der Waals surface area contributed by atoms with E-state index in [1.807, 2.05) is 31.1 Å². The van der Waals surface area contributed by atoms with Crippen molar-refractivity contribution in [3.63, 3.8) is 0 Å². The zero-order valence-electron chi connectivity index (χ0n) is 12.8. The summed E-state index contributed by atoms with van der Waals surface area (Å²) < 4.78 is 4.64. The number of carbonyl (C=O) groups excluding carboxylic acids is 1. The number of ether oxygens (including phenoxy) is 1. The molecule has 0 unspecified atom stereocenters. The molecule has 0 radical (unpaired) electrons. The van der Waals surface area contributed by atoms with Crippen LogP contribution in [0.3, 0.4) is 0 Å². The van der Waals surface area contributed by atoms with E-state index in [1.54, 1.807) is 0 Å². The van der Waals surface area contributed by atoms with Gasteiger partial charge in [0.2, 0.25) is 5.43 Å². The third-order valence-corrected chi connectivity index (χ3v) is 3.49. The fourth-order valence-electron chi connectivity index (χ4n) is 2.45. The predicted molar refractivity (Wildman–Crippen MR) is 84.2 cm³/mol. The highest BCUT2D eigenvalue weighted by atomic mass is 16.5. The molecule has 0 atom stereocenters. The zero-order valence-corrected chi connectivity index (χ0v) is 12.8. The van der Waals surface area contributed by atoms with Gasteiger partial charge < -0.3 is 14.6 Å². The van der Waals surface area contributed by atoms with Crippen LogP contribution < -0.4 is 10.3 Å². The van der Waals surface area contributed by atoms with Gasteiger partial charge in [-0.2, -0.15) is 0 Å². The topological polar surface area (TPSA) is 62.4 Å². The number of esters is 1. The molecular weight excluding hydrogens is 268 g/mol. The highest BCUT2D eigenvalue weighted by molar-refractivity contribution is 5.94. The number of nitrogens with one attached hydrogen (secondary N) is 1. The maximum Gasteiger partial charge on any atom is 0.343 e. The molecule has 0 saturated heterocycles. The van der Waals surface area contributed by atoms with E-state index in [0.29, 0.717) is 5.39 Å². The number of H-pyrrole nitrogens is 1. The highest BCUT2D eigenvalue weighted by Gasteiger charge is 2.15. The Morgan fingerprint density at radius 3 is 2.62 bits per heavy atom. The van der Waals surface area contributed by atoms with Gasteiger partial charge in [-0.1, -0.05) is 13.3 Å². The molecule has 0 spiro atoms. The number of fused-ring (bicyclic) bond motifs is 1. The number of aromatic amines is 1. The second-order valence-corrected chi connectivity index (χ2v) is 5.19. The first-order valence-corrected chi connectivity index (χ1v) is 6.93. The third kappa shape index (κ3) is 2.77. The lowest BCUT2D eigenvalue weighted by Gasteiger charge is -2.18. The van der Waals surface area contributed by atoms with Crippen LogP contribution in [0, 0.1) is 0 Å². The molecule has 1 aromatic heterocycles. The number of rotatable bonds is 4. The summed E-state index contributed by atoms with van der Waals surface area (Å²) in [6.07, 6.45) is 3.38. The first-order valence-electron chi connectivity index (χ1n) is 6.93. The molecule has 112 valence electrons. The lowest BCUT2D eigenvalue weighted by molar-refractivity contribution is 0.0599. The third-order valence-electron chi connectivity index (χ3n) is 3.49. The molecule has 1 N–H and O–H groups in total. The van der Waals surface area contributed by atoms with Crippen LogP contribution in [-0.2, 0) is 11.2 Å². The second kappa shape index (κ2) is 5.99. The van der Waals surface area contributed by atoms with Crippen LogP contribution in [0.1, 0.15) is 29.3 Å². The molecule has 2 rings (SSSR count). The van der Waals surface area contributed by atoms with Crippen molar-refractivity contribution in [3.8, 4) is 0 Å². The minimum atomic E-state index is -0.623. The second-order valence-electron chi connectivity index (χ2n) is 5.19. The van der Waals surface area contributed by atoms with Gasteiger partial charge in [-0.15, -0.1) is 0 Å². The molecule has 1 aromatic carbocycles. The Kier molecular flexibility index (Phi) is 4.31. The summed E-state index contributed by atoms with van der Waals surface area (Å²) in [4.78, 5) is 29.0. The van der Waals surface area contributed by atoms with Crippen LogP contribution in [0.2, 0.25) is 0 Å². The van der Waals surface area contributed by atoms with Crippen LogP contribution in [0.15, 0.2) is 23.1 Å². The van der Waals surface area contributed by atoms with E-state index < -0.39 is 5.97 Å². The summed E-state index contributed by atoms with van der Waals surface area (Å²) in [7, 11) is 5.15. The summed E-state index contributed by atoms with van der Waals surface area (Å²) in [6, 6.07) is 3.82. The van der Waals surface area contributed by atoms with Crippen molar-refractivity contribution in [3.05, 3.63) is 39.7 Å². The molecule has 21 heavy (non-hydrogen) atoms. The van der Waals surface area contributed by atoms with Crippen LogP contribution >= 0.6 is 0 Å². The van der Waals surface area contributed by atoms with Crippen molar-refractivity contribution >= 4 is 22.6 Å². The van der Waals surface area contributed by atoms with E-state index in [2.05, 4.69) is 16.6 Å². The number of benzene rings is 1. The number of anilines is 1. The van der Waals surface area contributed by atoms with Gasteiger partial charge in [-0.3, -0.25) is 4.79 Å². The van der Waals surface area contributed by atoms with Gasteiger partial charge in [0.1, 0.15) is 5.56 Å². The summed E-state index contributed by atoms with van der Waals surface area (Å²) in [5.74, 6) is -0.623. The molecule has 0 amide bonds. The van der Waals surface area contributed by atoms with Crippen LogP contribution in [0.4, 0.5) is 5.69 Å². The molecule has 0 aliphatic heterocycles. The Hall–Kier alpha value is -2.30. The highest BCUT2D eigenvalue weighted by Crippen LogP contribution is 2.25. The van der Waals surface area contributed by atoms with Crippen LogP contribution in [-0.4, -0.2) is 32.2 Å². The van der Waals surface area contributed by atoms with Crippen molar-refractivity contribution in [2.24, 2.45) is 0 Å². The normalized spacial score (nSPS) is 10.7. The first-order chi connectivity index (χ1) is 9.99. The Morgan fingerprint density at radius 2 is 2.05 bits per heavy atom. The van der Waals surface area contributed by atoms with Gasteiger partial charge >= 0.3 is 5.97 Å². The zero-order chi connectivity index (χ0) is 15.6. The summed E-state index contributed by atoms with van der Waals surface area (Å²) in [5, 5.41) is 0.501. The van der Waals surface area contributed by atoms with Gasteiger partial charge in [0.15, 0.2) is 0 Å². The largest absolute Gasteiger partial charge is 0.465 e. The molecule has 2 aromatic rings. The van der Waals surface area contributed by atoms with E-state index in [0.717, 1.165) is 24.0 Å². The Bertz CT molecular complexity index is 732. The number of aryl methyl sites for hydroxylation is 1. The van der Waals surface area contributed by atoms with Crippen molar-refractivity contribution in [1.29, 1.82) is 0 Å². The van der Waals surface area contributed by atoms with E-state index >= 15 is 0 Å². The first kappa shape index (κ1) is 15.1. The number of hydrogen-bond donors (Lipinski definition) is 1. The summed E-state index contributed by atoms with van der Waals surface area (Å²) in [5.41, 5.74) is 2.63. The number of carbonyl (C=O) groups is 1. The number of hydrogen-bond acceptors (Lipinski definition) is 4. The molecule has 0 saturated carbocycles. The number of pyridine rings is 1.